The maximum absolute atomic E-state index is 11.6. The van der Waals surface area contributed by atoms with E-state index in [4.69, 9.17) is 0 Å². The number of esters is 1. The third-order valence-corrected chi connectivity index (χ3v) is 3.95. The van der Waals surface area contributed by atoms with Gasteiger partial charge in [0.2, 0.25) is 0 Å². The number of thiazole rings is 1. The standard InChI is InChI=1S/C13H20N2O3S/c1-8(2)6-7-15(4)13-14-10(12(17)18-5)11(19-13)9(3)16/h8H,6-7H2,1-5H3. The number of anilines is 1. The van der Waals surface area contributed by atoms with Gasteiger partial charge in [-0.2, -0.15) is 0 Å². The van der Waals surface area contributed by atoms with E-state index >= 15 is 0 Å². The SMILES string of the molecule is COC(=O)c1nc(N(C)CCC(C)C)sc1C(C)=O. The number of hydrogen-bond acceptors (Lipinski definition) is 6. The normalized spacial score (nSPS) is 10.6. The Balaban J connectivity index is 2.97. The summed E-state index contributed by atoms with van der Waals surface area (Å²) in [6.07, 6.45) is 1.03. The number of aromatic nitrogens is 1. The highest BCUT2D eigenvalue weighted by Crippen LogP contribution is 2.27. The van der Waals surface area contributed by atoms with Crippen LogP contribution in [0.4, 0.5) is 5.13 Å². The first kappa shape index (κ1) is 15.6. The summed E-state index contributed by atoms with van der Waals surface area (Å²) in [5.74, 6) is -0.138. The molecule has 0 aromatic carbocycles. The van der Waals surface area contributed by atoms with Crippen LogP contribution >= 0.6 is 11.3 Å². The molecular formula is C13H20N2O3S. The average Bonchev–Trinajstić information content (AvgIpc) is 2.80. The van der Waals surface area contributed by atoms with Gasteiger partial charge < -0.3 is 9.64 Å². The number of carbonyl (C=O) groups excluding carboxylic acids is 2. The second-order valence-corrected chi connectivity index (χ2v) is 5.80. The van der Waals surface area contributed by atoms with E-state index in [1.54, 1.807) is 0 Å². The molecule has 6 heteroatoms. The summed E-state index contributed by atoms with van der Waals surface area (Å²) in [6.45, 7) is 6.56. The van der Waals surface area contributed by atoms with E-state index in [2.05, 4.69) is 23.6 Å². The molecule has 1 heterocycles. The van der Waals surface area contributed by atoms with Crippen molar-refractivity contribution < 1.29 is 14.3 Å². The highest BCUT2D eigenvalue weighted by atomic mass is 32.1. The van der Waals surface area contributed by atoms with Crippen LogP contribution < -0.4 is 4.90 Å². The van der Waals surface area contributed by atoms with Gasteiger partial charge >= 0.3 is 5.97 Å². The van der Waals surface area contributed by atoms with Crippen LogP contribution in [0.5, 0.6) is 0 Å². The van der Waals surface area contributed by atoms with Crippen LogP contribution in [-0.2, 0) is 4.74 Å². The van der Waals surface area contributed by atoms with Crippen LogP contribution in [-0.4, -0.2) is 37.4 Å². The molecule has 0 unspecified atom stereocenters. The fourth-order valence-electron chi connectivity index (χ4n) is 1.49. The summed E-state index contributed by atoms with van der Waals surface area (Å²) in [5, 5.41) is 0.672. The zero-order valence-corrected chi connectivity index (χ0v) is 12.8. The third kappa shape index (κ3) is 4.02. The third-order valence-electron chi connectivity index (χ3n) is 2.68. The fraction of sp³-hybridized carbons (Fsp3) is 0.615. The molecule has 0 atom stereocenters. The number of carbonyl (C=O) groups is 2. The van der Waals surface area contributed by atoms with E-state index in [1.165, 1.54) is 25.4 Å². The van der Waals surface area contributed by atoms with E-state index in [0.29, 0.717) is 15.9 Å². The van der Waals surface area contributed by atoms with Gasteiger partial charge in [-0.25, -0.2) is 9.78 Å². The van der Waals surface area contributed by atoms with Gasteiger partial charge in [-0.05, 0) is 12.3 Å². The molecule has 0 aliphatic carbocycles. The van der Waals surface area contributed by atoms with Crippen LogP contribution in [0, 0.1) is 5.92 Å². The summed E-state index contributed by atoms with van der Waals surface area (Å²) in [5.41, 5.74) is 0.117. The lowest BCUT2D eigenvalue weighted by Gasteiger charge is -2.16. The lowest BCUT2D eigenvalue weighted by Crippen LogP contribution is -2.19. The minimum atomic E-state index is -0.565. The maximum atomic E-state index is 11.6. The van der Waals surface area contributed by atoms with E-state index in [0.717, 1.165) is 13.0 Å². The Bertz CT molecular complexity index is 468. The Morgan fingerprint density at radius 3 is 2.53 bits per heavy atom. The number of nitrogens with zero attached hydrogens (tertiary/aromatic N) is 2. The Morgan fingerprint density at radius 1 is 1.42 bits per heavy atom. The molecule has 0 saturated heterocycles. The molecule has 106 valence electrons. The molecule has 0 fully saturated rings. The molecule has 0 amide bonds. The van der Waals surface area contributed by atoms with E-state index in [1.807, 2.05) is 11.9 Å². The minimum absolute atomic E-state index is 0.117. The predicted octanol–water partition coefficient (Wildman–Crippen LogP) is 2.61. The number of methoxy groups -OCH3 is 1. The van der Waals surface area contributed by atoms with Gasteiger partial charge in [0.05, 0.1) is 7.11 Å². The summed E-state index contributed by atoms with van der Waals surface area (Å²) in [4.78, 5) is 29.7. The summed E-state index contributed by atoms with van der Waals surface area (Å²) < 4.78 is 4.65. The molecule has 0 saturated carbocycles. The fourth-order valence-corrected chi connectivity index (χ4v) is 2.43. The number of hydrogen-bond donors (Lipinski definition) is 0. The monoisotopic (exact) mass is 284 g/mol. The molecule has 1 rings (SSSR count). The predicted molar refractivity (Wildman–Crippen MR) is 76.2 cm³/mol. The van der Waals surface area contributed by atoms with Gasteiger partial charge in [-0.15, -0.1) is 0 Å². The van der Waals surface area contributed by atoms with Crippen molar-refractivity contribution in [1.29, 1.82) is 0 Å². The second-order valence-electron chi connectivity index (χ2n) is 4.83. The second kappa shape index (κ2) is 6.65. The largest absolute Gasteiger partial charge is 0.464 e. The molecule has 0 bridgehead atoms. The number of ketones is 1. The molecule has 1 aromatic heterocycles. The van der Waals surface area contributed by atoms with Crippen LogP contribution in [0.2, 0.25) is 0 Å². The summed E-state index contributed by atoms with van der Waals surface area (Å²) >= 11 is 1.24. The first-order chi connectivity index (χ1) is 8.86. The Kier molecular flexibility index (Phi) is 5.47. The van der Waals surface area contributed by atoms with Crippen molar-refractivity contribution in [1.82, 2.24) is 4.98 Å². The van der Waals surface area contributed by atoms with E-state index < -0.39 is 5.97 Å². The van der Waals surface area contributed by atoms with Crippen molar-refractivity contribution in [3.8, 4) is 0 Å². The van der Waals surface area contributed by atoms with Crippen molar-refractivity contribution in [3.63, 3.8) is 0 Å². The Morgan fingerprint density at radius 2 is 2.05 bits per heavy atom. The van der Waals surface area contributed by atoms with E-state index in [9.17, 15) is 9.59 Å². The highest BCUT2D eigenvalue weighted by molar-refractivity contribution is 7.17. The van der Waals surface area contributed by atoms with E-state index in [-0.39, 0.29) is 11.5 Å². The van der Waals surface area contributed by atoms with Crippen LogP contribution in [0.1, 0.15) is 47.4 Å². The number of Topliss-reactive ketones (excluding diaryl/α,β-unsaturated/α-hetero) is 1. The van der Waals surface area contributed by atoms with Gasteiger partial charge in [-0.3, -0.25) is 4.79 Å². The smallest absolute Gasteiger partial charge is 0.358 e. The molecule has 0 radical (unpaired) electrons. The molecule has 0 N–H and O–H groups in total. The molecule has 19 heavy (non-hydrogen) atoms. The van der Waals surface area contributed by atoms with Crippen LogP contribution in [0.3, 0.4) is 0 Å². The molecule has 1 aromatic rings. The minimum Gasteiger partial charge on any atom is -0.464 e. The quantitative estimate of drug-likeness (QED) is 0.593. The van der Waals surface area contributed by atoms with Gasteiger partial charge in [0.1, 0.15) is 4.88 Å². The first-order valence-electron chi connectivity index (χ1n) is 6.18. The maximum Gasteiger partial charge on any atom is 0.358 e. The van der Waals surface area contributed by atoms with Crippen molar-refractivity contribution in [3.05, 3.63) is 10.6 Å². The number of rotatable bonds is 6. The molecular weight excluding hydrogens is 264 g/mol. The zero-order valence-electron chi connectivity index (χ0n) is 12.0. The van der Waals surface area contributed by atoms with Crippen molar-refractivity contribution in [2.45, 2.75) is 27.2 Å². The average molecular weight is 284 g/mol. The molecule has 0 spiro atoms. The Hall–Kier alpha value is -1.43. The van der Waals surface area contributed by atoms with Crippen LogP contribution in [0.25, 0.3) is 0 Å². The highest BCUT2D eigenvalue weighted by Gasteiger charge is 2.23. The van der Waals surface area contributed by atoms with Crippen molar-refractivity contribution in [2.75, 3.05) is 25.6 Å². The molecule has 5 nitrogen and oxygen atoms in total. The summed E-state index contributed by atoms with van der Waals surface area (Å²) in [6, 6.07) is 0. The van der Waals surface area contributed by atoms with Gasteiger partial charge in [0, 0.05) is 20.5 Å². The number of ether oxygens (including phenoxy) is 1. The lowest BCUT2D eigenvalue weighted by atomic mass is 10.1. The lowest BCUT2D eigenvalue weighted by molar-refractivity contribution is 0.0591. The van der Waals surface area contributed by atoms with Gasteiger partial charge in [0.25, 0.3) is 0 Å². The van der Waals surface area contributed by atoms with Crippen molar-refractivity contribution in [2.24, 2.45) is 5.92 Å². The van der Waals surface area contributed by atoms with Crippen LogP contribution in [0.15, 0.2) is 0 Å². The topological polar surface area (TPSA) is 59.5 Å². The summed E-state index contributed by atoms with van der Waals surface area (Å²) in [7, 11) is 3.19. The zero-order chi connectivity index (χ0) is 14.6. The van der Waals surface area contributed by atoms with Gasteiger partial charge in [0.15, 0.2) is 16.6 Å². The first-order valence-corrected chi connectivity index (χ1v) is 6.99. The Labute approximate surface area is 117 Å². The molecule has 0 aliphatic heterocycles. The van der Waals surface area contributed by atoms with Crippen molar-refractivity contribution >= 4 is 28.2 Å². The molecule has 0 aliphatic rings. The van der Waals surface area contributed by atoms with Gasteiger partial charge in [-0.1, -0.05) is 25.2 Å².